The van der Waals surface area contributed by atoms with Gasteiger partial charge >= 0.3 is 0 Å². The summed E-state index contributed by atoms with van der Waals surface area (Å²) in [6.45, 7) is 4.62. The van der Waals surface area contributed by atoms with Crippen molar-refractivity contribution in [2.75, 3.05) is 18.8 Å². The van der Waals surface area contributed by atoms with Gasteiger partial charge in [-0.3, -0.25) is 4.79 Å². The molecule has 0 radical (unpaired) electrons. The highest BCUT2D eigenvalue weighted by molar-refractivity contribution is 6.03. The Morgan fingerprint density at radius 2 is 1.67 bits per heavy atom. The summed E-state index contributed by atoms with van der Waals surface area (Å²) in [6.07, 6.45) is -0.735. The largest absolute Gasteiger partial charge is 0.398 e. The Morgan fingerprint density at radius 1 is 1.07 bits per heavy atom. The van der Waals surface area contributed by atoms with Gasteiger partial charge in [-0.1, -0.05) is 54.1 Å². The number of carbonyl (C=O) groups is 1. The SMILES string of the molecule is CCN(CC(O)c1ccc(C)cc1)C(=O)c1cc2ccccc2cc1N.Cl. The van der Waals surface area contributed by atoms with E-state index in [0.29, 0.717) is 17.8 Å². The highest BCUT2D eigenvalue weighted by atomic mass is 35.5. The average molecular weight is 385 g/mol. The molecule has 0 heterocycles. The number of hydrogen-bond acceptors (Lipinski definition) is 3. The zero-order chi connectivity index (χ0) is 18.7. The summed E-state index contributed by atoms with van der Waals surface area (Å²) >= 11 is 0. The number of benzene rings is 3. The number of carbonyl (C=O) groups excluding carboxylic acids is 1. The molecule has 0 fully saturated rings. The maximum Gasteiger partial charge on any atom is 0.256 e. The van der Waals surface area contributed by atoms with Crippen molar-refractivity contribution in [2.45, 2.75) is 20.0 Å². The number of nitrogens with two attached hydrogens (primary N) is 1. The van der Waals surface area contributed by atoms with Gasteiger partial charge in [-0.2, -0.15) is 0 Å². The Morgan fingerprint density at radius 3 is 2.26 bits per heavy atom. The van der Waals surface area contributed by atoms with Crippen LogP contribution in [0.1, 0.15) is 34.5 Å². The fourth-order valence-electron chi connectivity index (χ4n) is 3.07. The third kappa shape index (κ3) is 4.59. The van der Waals surface area contributed by atoms with Crippen LogP contribution in [-0.2, 0) is 0 Å². The van der Waals surface area contributed by atoms with Crippen molar-refractivity contribution >= 4 is 34.8 Å². The Bertz CT molecular complexity index is 925. The molecule has 3 aromatic rings. The van der Waals surface area contributed by atoms with E-state index in [4.69, 9.17) is 5.73 Å². The molecule has 0 saturated carbocycles. The van der Waals surface area contributed by atoms with Crippen LogP contribution in [0.5, 0.6) is 0 Å². The Labute approximate surface area is 166 Å². The van der Waals surface area contributed by atoms with Crippen molar-refractivity contribution in [1.82, 2.24) is 4.90 Å². The maximum absolute atomic E-state index is 13.0. The lowest BCUT2D eigenvalue weighted by Crippen LogP contribution is -2.35. The van der Waals surface area contributed by atoms with E-state index < -0.39 is 6.10 Å². The van der Waals surface area contributed by atoms with Gasteiger partial charge in [0.05, 0.1) is 18.2 Å². The Kier molecular flexibility index (Phi) is 6.83. The summed E-state index contributed by atoms with van der Waals surface area (Å²) < 4.78 is 0. The van der Waals surface area contributed by atoms with Gasteiger partial charge in [0.2, 0.25) is 0 Å². The quantitative estimate of drug-likeness (QED) is 0.643. The minimum absolute atomic E-state index is 0. The predicted molar refractivity (Wildman–Crippen MR) is 113 cm³/mol. The van der Waals surface area contributed by atoms with Crippen molar-refractivity contribution < 1.29 is 9.90 Å². The molecular formula is C22H25ClN2O2. The molecular weight excluding hydrogens is 360 g/mol. The maximum atomic E-state index is 13.0. The van der Waals surface area contributed by atoms with E-state index in [-0.39, 0.29) is 24.9 Å². The number of aliphatic hydroxyl groups excluding tert-OH is 1. The first-order valence-corrected chi connectivity index (χ1v) is 8.81. The number of fused-ring (bicyclic) bond motifs is 1. The fraction of sp³-hybridized carbons (Fsp3) is 0.227. The van der Waals surface area contributed by atoms with Crippen LogP contribution in [0.3, 0.4) is 0 Å². The van der Waals surface area contributed by atoms with Crippen LogP contribution in [0.2, 0.25) is 0 Å². The lowest BCUT2D eigenvalue weighted by Gasteiger charge is -2.25. The van der Waals surface area contributed by atoms with E-state index in [1.54, 1.807) is 4.90 Å². The monoisotopic (exact) mass is 384 g/mol. The van der Waals surface area contributed by atoms with Crippen LogP contribution in [0.25, 0.3) is 10.8 Å². The minimum atomic E-state index is -0.735. The lowest BCUT2D eigenvalue weighted by atomic mass is 10.0. The van der Waals surface area contributed by atoms with Gasteiger partial charge in [0, 0.05) is 12.2 Å². The van der Waals surface area contributed by atoms with Gasteiger partial charge < -0.3 is 15.7 Å². The standard InChI is InChI=1S/C22H24N2O2.ClH/c1-3-24(14-21(25)16-10-8-15(2)9-11-16)22(26)19-12-17-6-4-5-7-18(17)13-20(19)23;/h4-13,21,25H,3,14,23H2,1-2H3;1H. The van der Waals surface area contributed by atoms with Gasteiger partial charge in [0.1, 0.15) is 0 Å². The topological polar surface area (TPSA) is 66.6 Å². The van der Waals surface area contributed by atoms with E-state index >= 15 is 0 Å². The Balaban J connectivity index is 0.00000261. The van der Waals surface area contributed by atoms with Crippen LogP contribution in [0.4, 0.5) is 5.69 Å². The van der Waals surface area contributed by atoms with Gasteiger partial charge in [0.25, 0.3) is 5.91 Å². The second-order valence-corrected chi connectivity index (χ2v) is 6.56. The molecule has 0 saturated heterocycles. The van der Waals surface area contributed by atoms with Crippen LogP contribution < -0.4 is 5.73 Å². The van der Waals surface area contributed by atoms with E-state index in [9.17, 15) is 9.90 Å². The molecule has 4 nitrogen and oxygen atoms in total. The summed E-state index contributed by atoms with van der Waals surface area (Å²) in [5, 5.41) is 12.5. The summed E-state index contributed by atoms with van der Waals surface area (Å²) in [4.78, 5) is 14.6. The van der Waals surface area contributed by atoms with Crippen molar-refractivity contribution in [3.63, 3.8) is 0 Å². The highest BCUT2D eigenvalue weighted by Crippen LogP contribution is 2.24. The molecule has 0 aromatic heterocycles. The number of nitrogens with zero attached hydrogens (tertiary/aromatic N) is 1. The summed E-state index contributed by atoms with van der Waals surface area (Å²) in [7, 11) is 0. The molecule has 3 rings (SSSR count). The van der Waals surface area contributed by atoms with Gasteiger partial charge in [-0.05, 0) is 42.3 Å². The fourth-order valence-corrected chi connectivity index (χ4v) is 3.07. The number of aliphatic hydroxyl groups is 1. The molecule has 0 bridgehead atoms. The van der Waals surface area contributed by atoms with E-state index in [2.05, 4.69) is 0 Å². The second kappa shape index (κ2) is 8.89. The molecule has 1 amide bonds. The van der Waals surface area contributed by atoms with Crippen molar-refractivity contribution in [1.29, 1.82) is 0 Å². The zero-order valence-electron chi connectivity index (χ0n) is 15.6. The summed E-state index contributed by atoms with van der Waals surface area (Å²) in [5.41, 5.74) is 8.99. The summed E-state index contributed by atoms with van der Waals surface area (Å²) in [5.74, 6) is -0.165. The summed E-state index contributed by atoms with van der Waals surface area (Å²) in [6, 6.07) is 19.2. The lowest BCUT2D eigenvalue weighted by molar-refractivity contribution is 0.0636. The number of amides is 1. The molecule has 0 aliphatic rings. The normalized spacial score (nSPS) is 11.7. The third-order valence-corrected chi connectivity index (χ3v) is 4.67. The molecule has 3 aromatic carbocycles. The molecule has 0 aliphatic carbocycles. The van der Waals surface area contributed by atoms with E-state index in [1.165, 1.54) is 0 Å². The molecule has 3 N–H and O–H groups in total. The van der Waals surface area contributed by atoms with Crippen molar-refractivity contribution in [2.24, 2.45) is 0 Å². The first-order chi connectivity index (χ1) is 12.5. The molecule has 5 heteroatoms. The first-order valence-electron chi connectivity index (χ1n) is 8.81. The van der Waals surface area contributed by atoms with E-state index in [0.717, 1.165) is 21.9 Å². The second-order valence-electron chi connectivity index (χ2n) is 6.56. The number of nitrogen functional groups attached to an aromatic ring is 1. The van der Waals surface area contributed by atoms with Gasteiger partial charge in [-0.25, -0.2) is 0 Å². The van der Waals surface area contributed by atoms with E-state index in [1.807, 2.05) is 74.5 Å². The molecule has 1 atom stereocenters. The first kappa shape index (κ1) is 20.7. The number of halogens is 1. The predicted octanol–water partition coefficient (Wildman–Crippen LogP) is 4.35. The van der Waals surface area contributed by atoms with Crippen LogP contribution >= 0.6 is 12.4 Å². The molecule has 0 aliphatic heterocycles. The van der Waals surface area contributed by atoms with Crippen LogP contribution in [0.15, 0.2) is 60.7 Å². The average Bonchev–Trinajstić information content (AvgIpc) is 2.65. The number of anilines is 1. The zero-order valence-corrected chi connectivity index (χ0v) is 16.4. The number of rotatable bonds is 5. The van der Waals surface area contributed by atoms with Crippen molar-refractivity contribution in [3.05, 3.63) is 77.4 Å². The number of hydrogen-bond donors (Lipinski definition) is 2. The number of likely N-dealkylation sites (N-methyl/N-ethyl adjacent to an activating group) is 1. The Hall–Kier alpha value is -2.56. The molecule has 142 valence electrons. The smallest absolute Gasteiger partial charge is 0.256 e. The third-order valence-electron chi connectivity index (χ3n) is 4.67. The molecule has 27 heavy (non-hydrogen) atoms. The molecule has 1 unspecified atom stereocenters. The highest BCUT2D eigenvalue weighted by Gasteiger charge is 2.21. The van der Waals surface area contributed by atoms with Crippen LogP contribution in [0, 0.1) is 6.92 Å². The number of aryl methyl sites for hydroxylation is 1. The van der Waals surface area contributed by atoms with Gasteiger partial charge in [0.15, 0.2) is 0 Å². The molecule has 0 spiro atoms. The van der Waals surface area contributed by atoms with Crippen LogP contribution in [-0.4, -0.2) is 29.0 Å². The van der Waals surface area contributed by atoms with Crippen molar-refractivity contribution in [3.8, 4) is 0 Å². The van der Waals surface area contributed by atoms with Gasteiger partial charge in [-0.15, -0.1) is 12.4 Å². The minimum Gasteiger partial charge on any atom is -0.398 e.